The summed E-state index contributed by atoms with van der Waals surface area (Å²) in [5.74, 6) is -0.0823. The Morgan fingerprint density at radius 1 is 1.24 bits per heavy atom. The Morgan fingerprint density at radius 3 is 2.18 bits per heavy atom. The van der Waals surface area contributed by atoms with Crippen LogP contribution in [0.5, 0.6) is 0 Å². The van der Waals surface area contributed by atoms with Gasteiger partial charge >= 0.3 is 0 Å². The standard InChI is InChI=1S/C12H16Cl2N2O/c1-7(2)16(8(3)4)12(17)9-5-10(13)11(14)15-6-9/h5-8H,1-4H3. The summed E-state index contributed by atoms with van der Waals surface area (Å²) in [6.45, 7) is 7.90. The molecule has 0 aliphatic rings. The van der Waals surface area contributed by atoms with Crippen molar-refractivity contribution in [3.05, 3.63) is 28.0 Å². The van der Waals surface area contributed by atoms with Gasteiger partial charge in [0.05, 0.1) is 10.6 Å². The van der Waals surface area contributed by atoms with Crippen LogP contribution in [0.1, 0.15) is 38.1 Å². The van der Waals surface area contributed by atoms with Gasteiger partial charge in [-0.15, -0.1) is 0 Å². The van der Waals surface area contributed by atoms with Gasteiger partial charge in [0.15, 0.2) is 0 Å². The lowest BCUT2D eigenvalue weighted by molar-refractivity contribution is 0.0643. The molecule has 1 aromatic rings. The van der Waals surface area contributed by atoms with Gasteiger partial charge in [-0.1, -0.05) is 23.2 Å². The van der Waals surface area contributed by atoms with Crippen LogP contribution in [0.4, 0.5) is 0 Å². The molecule has 5 heteroatoms. The quantitative estimate of drug-likeness (QED) is 0.789. The molecule has 0 saturated heterocycles. The van der Waals surface area contributed by atoms with Crippen LogP contribution in [0.25, 0.3) is 0 Å². The molecule has 1 rings (SSSR count). The number of hydrogen-bond donors (Lipinski definition) is 0. The molecule has 0 aliphatic carbocycles. The molecule has 0 radical (unpaired) electrons. The van der Waals surface area contributed by atoms with Crippen LogP contribution in [0, 0.1) is 0 Å². The SMILES string of the molecule is CC(C)N(C(=O)c1cnc(Cl)c(Cl)c1)C(C)C. The molecule has 1 aromatic heterocycles. The van der Waals surface area contributed by atoms with Gasteiger partial charge in [0.2, 0.25) is 0 Å². The minimum absolute atomic E-state index is 0.0823. The van der Waals surface area contributed by atoms with Crippen molar-refractivity contribution >= 4 is 29.1 Å². The maximum Gasteiger partial charge on any atom is 0.255 e. The Kier molecular flexibility index (Phi) is 4.78. The van der Waals surface area contributed by atoms with Crippen molar-refractivity contribution in [1.29, 1.82) is 0 Å². The Hall–Kier alpha value is -0.800. The molecule has 94 valence electrons. The molecular weight excluding hydrogens is 259 g/mol. The lowest BCUT2D eigenvalue weighted by Crippen LogP contribution is -2.42. The van der Waals surface area contributed by atoms with Gasteiger partial charge in [-0.2, -0.15) is 0 Å². The number of pyridine rings is 1. The van der Waals surface area contributed by atoms with Gasteiger partial charge in [-0.25, -0.2) is 4.98 Å². The average Bonchev–Trinajstić information content (AvgIpc) is 2.20. The largest absolute Gasteiger partial charge is 0.334 e. The van der Waals surface area contributed by atoms with Crippen LogP contribution in [-0.4, -0.2) is 27.9 Å². The average molecular weight is 275 g/mol. The fourth-order valence-electron chi connectivity index (χ4n) is 1.75. The summed E-state index contributed by atoms with van der Waals surface area (Å²) in [6.07, 6.45) is 1.45. The van der Waals surface area contributed by atoms with E-state index >= 15 is 0 Å². The summed E-state index contributed by atoms with van der Waals surface area (Å²) in [5.41, 5.74) is 0.460. The zero-order valence-electron chi connectivity index (χ0n) is 10.4. The van der Waals surface area contributed by atoms with E-state index in [1.165, 1.54) is 6.20 Å². The van der Waals surface area contributed by atoms with E-state index in [1.54, 1.807) is 11.0 Å². The van der Waals surface area contributed by atoms with E-state index in [9.17, 15) is 4.79 Å². The number of nitrogens with zero attached hydrogens (tertiary/aromatic N) is 2. The van der Waals surface area contributed by atoms with Gasteiger partial charge in [-0.05, 0) is 33.8 Å². The first kappa shape index (κ1) is 14.3. The van der Waals surface area contributed by atoms with Crippen molar-refractivity contribution < 1.29 is 4.79 Å². The Morgan fingerprint density at radius 2 is 1.76 bits per heavy atom. The fourth-order valence-corrected chi connectivity index (χ4v) is 2.02. The minimum Gasteiger partial charge on any atom is -0.334 e. The van der Waals surface area contributed by atoms with Gasteiger partial charge < -0.3 is 4.90 Å². The molecule has 1 heterocycles. The molecule has 0 saturated carbocycles. The molecule has 0 bridgehead atoms. The highest BCUT2D eigenvalue weighted by Crippen LogP contribution is 2.21. The Bertz CT molecular complexity index is 411. The second kappa shape index (κ2) is 5.69. The third-order valence-corrected chi connectivity index (χ3v) is 3.08. The summed E-state index contributed by atoms with van der Waals surface area (Å²) in [4.78, 5) is 17.9. The maximum absolute atomic E-state index is 12.3. The molecule has 0 atom stereocenters. The minimum atomic E-state index is -0.0823. The molecule has 1 amide bonds. The second-order valence-electron chi connectivity index (χ2n) is 4.40. The molecule has 0 aliphatic heterocycles. The molecule has 0 fully saturated rings. The number of amides is 1. The van der Waals surface area contributed by atoms with Crippen LogP contribution in [0.3, 0.4) is 0 Å². The van der Waals surface area contributed by atoms with Crippen LogP contribution < -0.4 is 0 Å². The highest BCUT2D eigenvalue weighted by Gasteiger charge is 2.22. The number of aromatic nitrogens is 1. The first-order valence-corrected chi connectivity index (χ1v) is 6.24. The van der Waals surface area contributed by atoms with E-state index in [2.05, 4.69) is 4.98 Å². The first-order valence-electron chi connectivity index (χ1n) is 5.48. The smallest absolute Gasteiger partial charge is 0.255 e. The molecule has 3 nitrogen and oxygen atoms in total. The van der Waals surface area contributed by atoms with E-state index in [4.69, 9.17) is 23.2 Å². The summed E-state index contributed by atoms with van der Waals surface area (Å²) in [6, 6.07) is 1.80. The van der Waals surface area contributed by atoms with E-state index in [0.29, 0.717) is 10.6 Å². The maximum atomic E-state index is 12.3. The van der Waals surface area contributed by atoms with Crippen molar-refractivity contribution in [1.82, 2.24) is 9.88 Å². The predicted octanol–water partition coefficient (Wildman–Crippen LogP) is 3.65. The summed E-state index contributed by atoms with van der Waals surface area (Å²) < 4.78 is 0. The summed E-state index contributed by atoms with van der Waals surface area (Å²) in [7, 11) is 0. The van der Waals surface area contributed by atoms with E-state index in [0.717, 1.165) is 0 Å². The van der Waals surface area contributed by atoms with E-state index in [1.807, 2.05) is 27.7 Å². The molecule has 0 spiro atoms. The zero-order chi connectivity index (χ0) is 13.2. The molecule has 0 N–H and O–H groups in total. The third-order valence-electron chi connectivity index (χ3n) is 2.39. The molecule has 17 heavy (non-hydrogen) atoms. The normalized spacial score (nSPS) is 11.1. The Labute approximate surface area is 112 Å². The van der Waals surface area contributed by atoms with Crippen LogP contribution in [-0.2, 0) is 0 Å². The predicted molar refractivity (Wildman–Crippen MR) is 70.7 cm³/mol. The molecular formula is C12H16Cl2N2O. The van der Waals surface area contributed by atoms with Crippen molar-refractivity contribution in [2.45, 2.75) is 39.8 Å². The fraction of sp³-hybridized carbons (Fsp3) is 0.500. The molecule has 0 aromatic carbocycles. The lowest BCUT2D eigenvalue weighted by Gasteiger charge is -2.30. The number of carbonyl (C=O) groups is 1. The van der Waals surface area contributed by atoms with Gasteiger partial charge in [0, 0.05) is 18.3 Å². The number of halogens is 2. The van der Waals surface area contributed by atoms with Crippen LogP contribution in [0.2, 0.25) is 10.2 Å². The summed E-state index contributed by atoms with van der Waals surface area (Å²) >= 11 is 11.6. The van der Waals surface area contributed by atoms with Crippen LogP contribution >= 0.6 is 23.2 Å². The third kappa shape index (κ3) is 3.33. The van der Waals surface area contributed by atoms with Gasteiger partial charge in [0.1, 0.15) is 5.15 Å². The number of carbonyl (C=O) groups excluding carboxylic acids is 1. The number of hydrogen-bond acceptors (Lipinski definition) is 2. The second-order valence-corrected chi connectivity index (χ2v) is 5.16. The van der Waals surface area contributed by atoms with Gasteiger partial charge in [-0.3, -0.25) is 4.79 Å². The Balaban J connectivity index is 3.06. The summed E-state index contributed by atoms with van der Waals surface area (Å²) in [5, 5.41) is 0.508. The first-order chi connectivity index (χ1) is 7.84. The monoisotopic (exact) mass is 274 g/mol. The van der Waals surface area contributed by atoms with Crippen molar-refractivity contribution in [3.63, 3.8) is 0 Å². The van der Waals surface area contributed by atoms with E-state index < -0.39 is 0 Å². The topological polar surface area (TPSA) is 33.2 Å². The highest BCUT2D eigenvalue weighted by molar-refractivity contribution is 6.41. The highest BCUT2D eigenvalue weighted by atomic mass is 35.5. The van der Waals surface area contributed by atoms with Crippen molar-refractivity contribution in [3.8, 4) is 0 Å². The van der Waals surface area contributed by atoms with Crippen LogP contribution in [0.15, 0.2) is 12.3 Å². The molecule has 0 unspecified atom stereocenters. The van der Waals surface area contributed by atoms with Crippen molar-refractivity contribution in [2.24, 2.45) is 0 Å². The van der Waals surface area contributed by atoms with Crippen molar-refractivity contribution in [2.75, 3.05) is 0 Å². The zero-order valence-corrected chi connectivity index (χ0v) is 11.9. The lowest BCUT2D eigenvalue weighted by atomic mass is 10.1. The van der Waals surface area contributed by atoms with E-state index in [-0.39, 0.29) is 23.1 Å². The number of rotatable bonds is 3. The van der Waals surface area contributed by atoms with Gasteiger partial charge in [0.25, 0.3) is 5.91 Å².